The summed E-state index contributed by atoms with van der Waals surface area (Å²) in [5.41, 5.74) is -2.89. The SMILES string of the molecule is CC(=O)OCC(=O)C1(O)C(C)CC2C3CC(Cl)C4=CC(=O)C=CC4(C)C3(Cl)C(O)CC21C. The minimum absolute atomic E-state index is 0.0991. The maximum Gasteiger partial charge on any atom is 0.303 e. The van der Waals surface area contributed by atoms with E-state index in [2.05, 4.69) is 0 Å². The molecule has 0 amide bonds. The number of carbonyl (C=O) groups excluding carboxylic acids is 3. The van der Waals surface area contributed by atoms with Crippen molar-refractivity contribution in [2.45, 2.75) is 68.9 Å². The van der Waals surface area contributed by atoms with Gasteiger partial charge in [-0.05, 0) is 54.7 Å². The monoisotopic (exact) mass is 484 g/mol. The molecule has 4 aliphatic rings. The number of ketones is 2. The van der Waals surface area contributed by atoms with Crippen molar-refractivity contribution in [2.24, 2.45) is 28.6 Å². The molecule has 4 rings (SSSR count). The maximum absolute atomic E-state index is 13.2. The van der Waals surface area contributed by atoms with E-state index in [1.807, 2.05) is 20.8 Å². The van der Waals surface area contributed by atoms with Gasteiger partial charge in [0.2, 0.25) is 5.78 Å². The van der Waals surface area contributed by atoms with Crippen LogP contribution in [-0.2, 0) is 19.1 Å². The van der Waals surface area contributed by atoms with Gasteiger partial charge in [0.1, 0.15) is 5.60 Å². The van der Waals surface area contributed by atoms with E-state index >= 15 is 0 Å². The van der Waals surface area contributed by atoms with Crippen molar-refractivity contribution in [3.63, 3.8) is 0 Å². The summed E-state index contributed by atoms with van der Waals surface area (Å²) in [7, 11) is 0. The predicted molar refractivity (Wildman–Crippen MR) is 119 cm³/mol. The van der Waals surface area contributed by atoms with Crippen molar-refractivity contribution in [1.82, 2.24) is 0 Å². The molecule has 0 saturated heterocycles. The Labute approximate surface area is 198 Å². The van der Waals surface area contributed by atoms with Gasteiger partial charge in [0.05, 0.1) is 16.4 Å². The zero-order chi connectivity index (χ0) is 23.9. The average molecular weight is 485 g/mol. The van der Waals surface area contributed by atoms with Gasteiger partial charge in [-0.15, -0.1) is 23.2 Å². The molecule has 0 aromatic carbocycles. The summed E-state index contributed by atoms with van der Waals surface area (Å²) in [5, 5.41) is 22.9. The van der Waals surface area contributed by atoms with Crippen LogP contribution in [-0.4, -0.2) is 56.3 Å². The number of carbonyl (C=O) groups is 3. The number of hydrogen-bond donors (Lipinski definition) is 2. The van der Waals surface area contributed by atoms with Gasteiger partial charge in [0, 0.05) is 17.8 Å². The van der Waals surface area contributed by atoms with Crippen molar-refractivity contribution in [2.75, 3.05) is 6.61 Å². The molecule has 3 saturated carbocycles. The molecule has 0 bridgehead atoms. The van der Waals surface area contributed by atoms with Crippen LogP contribution < -0.4 is 0 Å². The van der Waals surface area contributed by atoms with Gasteiger partial charge in [-0.25, -0.2) is 0 Å². The summed E-state index contributed by atoms with van der Waals surface area (Å²) in [6.07, 6.45) is 4.72. The molecule has 0 heterocycles. The highest BCUT2D eigenvalue weighted by Gasteiger charge is 2.75. The van der Waals surface area contributed by atoms with Crippen LogP contribution in [0.25, 0.3) is 0 Å². The second-order valence-electron chi connectivity index (χ2n) is 10.5. The van der Waals surface area contributed by atoms with E-state index in [1.54, 1.807) is 6.08 Å². The molecule has 9 atom stereocenters. The van der Waals surface area contributed by atoms with E-state index < -0.39 is 57.1 Å². The highest BCUT2D eigenvalue weighted by molar-refractivity contribution is 6.28. The van der Waals surface area contributed by atoms with E-state index in [9.17, 15) is 24.6 Å². The fraction of sp³-hybridized carbons (Fsp3) is 0.708. The lowest BCUT2D eigenvalue weighted by molar-refractivity contribution is -0.182. The molecule has 0 aromatic rings. The van der Waals surface area contributed by atoms with E-state index in [0.717, 1.165) is 0 Å². The molecule has 0 spiro atoms. The Bertz CT molecular complexity index is 945. The Morgan fingerprint density at radius 3 is 2.53 bits per heavy atom. The Morgan fingerprint density at radius 1 is 1.25 bits per heavy atom. The Kier molecular flexibility index (Phi) is 5.53. The summed E-state index contributed by atoms with van der Waals surface area (Å²) in [6, 6.07) is 0. The molecule has 4 aliphatic carbocycles. The molecule has 0 aromatic heterocycles. The number of fused-ring (bicyclic) bond motifs is 5. The third-order valence-electron chi connectivity index (χ3n) is 9.04. The number of hydrogen-bond acceptors (Lipinski definition) is 6. The quantitative estimate of drug-likeness (QED) is 0.471. The van der Waals surface area contributed by atoms with E-state index in [0.29, 0.717) is 18.4 Å². The zero-order valence-electron chi connectivity index (χ0n) is 18.7. The second-order valence-corrected chi connectivity index (χ2v) is 11.6. The van der Waals surface area contributed by atoms with Gasteiger partial charge in [-0.3, -0.25) is 14.4 Å². The summed E-state index contributed by atoms with van der Waals surface area (Å²) < 4.78 is 4.91. The van der Waals surface area contributed by atoms with Crippen LogP contribution >= 0.6 is 23.2 Å². The summed E-state index contributed by atoms with van der Waals surface area (Å²) in [5.74, 6) is -2.24. The van der Waals surface area contributed by atoms with Crippen molar-refractivity contribution in [3.05, 3.63) is 23.8 Å². The van der Waals surface area contributed by atoms with Gasteiger partial charge < -0.3 is 14.9 Å². The first-order chi connectivity index (χ1) is 14.7. The van der Waals surface area contributed by atoms with Gasteiger partial charge in [0.25, 0.3) is 0 Å². The largest absolute Gasteiger partial charge is 0.458 e. The van der Waals surface area contributed by atoms with Crippen LogP contribution in [0.15, 0.2) is 23.8 Å². The molecule has 2 N–H and O–H groups in total. The molecule has 176 valence electrons. The lowest BCUT2D eigenvalue weighted by Crippen LogP contribution is -2.70. The first-order valence-electron chi connectivity index (χ1n) is 11.1. The molecular formula is C24H30Cl2O6. The minimum Gasteiger partial charge on any atom is -0.458 e. The number of ether oxygens (including phenoxy) is 1. The summed E-state index contributed by atoms with van der Waals surface area (Å²) in [4.78, 5) is 35.3. The Hall–Kier alpha value is -1.21. The number of rotatable bonds is 3. The average Bonchev–Trinajstić information content (AvgIpc) is 2.91. The smallest absolute Gasteiger partial charge is 0.303 e. The first kappa shape index (κ1) is 23.9. The van der Waals surface area contributed by atoms with Crippen LogP contribution in [0.2, 0.25) is 0 Å². The predicted octanol–water partition coefficient (Wildman–Crippen LogP) is 2.95. The number of aliphatic hydroxyl groups is 2. The highest BCUT2D eigenvalue weighted by atomic mass is 35.5. The van der Waals surface area contributed by atoms with Crippen molar-refractivity contribution in [1.29, 1.82) is 0 Å². The maximum atomic E-state index is 13.2. The van der Waals surface area contributed by atoms with Crippen LogP contribution in [0.3, 0.4) is 0 Å². The minimum atomic E-state index is -1.77. The Balaban J connectivity index is 1.79. The highest BCUT2D eigenvalue weighted by Crippen LogP contribution is 2.71. The van der Waals surface area contributed by atoms with Crippen molar-refractivity contribution in [3.8, 4) is 0 Å². The molecule has 6 nitrogen and oxygen atoms in total. The summed E-state index contributed by atoms with van der Waals surface area (Å²) >= 11 is 14.1. The molecule has 9 unspecified atom stereocenters. The molecule has 0 aliphatic heterocycles. The molecule has 32 heavy (non-hydrogen) atoms. The molecule has 0 radical (unpaired) electrons. The van der Waals surface area contributed by atoms with Crippen LogP contribution in [0.5, 0.6) is 0 Å². The van der Waals surface area contributed by atoms with Crippen molar-refractivity contribution < 1.29 is 29.3 Å². The first-order valence-corrected chi connectivity index (χ1v) is 11.9. The number of allylic oxidation sites excluding steroid dienone is 4. The third-order valence-corrected chi connectivity index (χ3v) is 10.4. The van der Waals surface area contributed by atoms with Crippen LogP contribution in [0.4, 0.5) is 0 Å². The van der Waals surface area contributed by atoms with E-state index in [-0.39, 0.29) is 24.0 Å². The third kappa shape index (κ3) is 2.82. The lowest BCUT2D eigenvalue weighted by Gasteiger charge is -2.64. The molecule has 8 heteroatoms. The van der Waals surface area contributed by atoms with Gasteiger partial charge >= 0.3 is 5.97 Å². The van der Waals surface area contributed by atoms with E-state index in [1.165, 1.54) is 19.1 Å². The standard InChI is InChI=1S/C24H30Cl2O6/c1-12-7-15-16-9-18(25)17-8-14(28)5-6-21(17,3)23(16,26)19(29)10-22(15,4)24(12,31)20(30)11-32-13(2)27/h5-6,8,12,15-16,18-19,29,31H,7,9-11H2,1-4H3. The van der Waals surface area contributed by atoms with Crippen LogP contribution in [0, 0.1) is 28.6 Å². The Morgan fingerprint density at radius 2 is 1.91 bits per heavy atom. The molecule has 3 fully saturated rings. The van der Waals surface area contributed by atoms with Crippen molar-refractivity contribution >= 4 is 40.7 Å². The number of alkyl halides is 2. The number of halogens is 2. The number of aliphatic hydroxyl groups excluding tert-OH is 1. The lowest BCUT2D eigenvalue weighted by atomic mass is 9.45. The topological polar surface area (TPSA) is 101 Å². The number of Topliss-reactive ketones (excluding diaryl/α,β-unsaturated/α-hetero) is 1. The summed E-state index contributed by atoms with van der Waals surface area (Å²) in [6.45, 7) is 6.23. The zero-order valence-corrected chi connectivity index (χ0v) is 20.2. The van der Waals surface area contributed by atoms with Gasteiger partial charge in [-0.1, -0.05) is 26.8 Å². The van der Waals surface area contributed by atoms with Gasteiger partial charge in [-0.2, -0.15) is 0 Å². The van der Waals surface area contributed by atoms with E-state index in [4.69, 9.17) is 27.9 Å². The molecular weight excluding hydrogens is 455 g/mol. The van der Waals surface area contributed by atoms with Gasteiger partial charge in [0.15, 0.2) is 12.4 Å². The normalized spacial score (nSPS) is 49.6. The van der Waals surface area contributed by atoms with Crippen LogP contribution in [0.1, 0.15) is 47.0 Å². The number of esters is 1. The fourth-order valence-corrected chi connectivity index (χ4v) is 8.38. The fourth-order valence-electron chi connectivity index (χ4n) is 7.41. The second kappa shape index (κ2) is 7.39.